The summed E-state index contributed by atoms with van der Waals surface area (Å²) in [6.45, 7) is 6.80. The van der Waals surface area contributed by atoms with Crippen LogP contribution in [-0.4, -0.2) is 34.5 Å². The number of carbonyl (C=O) groups is 1. The van der Waals surface area contributed by atoms with Crippen molar-refractivity contribution in [2.24, 2.45) is 0 Å². The number of amides is 1. The van der Waals surface area contributed by atoms with E-state index in [-0.39, 0.29) is 18.0 Å². The molecule has 25 heavy (non-hydrogen) atoms. The van der Waals surface area contributed by atoms with Gasteiger partial charge < -0.3 is 15.5 Å². The number of hydrogen-bond acceptors (Lipinski definition) is 5. The van der Waals surface area contributed by atoms with E-state index in [9.17, 15) is 4.79 Å². The number of aromatic nitrogens is 2. The third-order valence-electron chi connectivity index (χ3n) is 4.21. The van der Waals surface area contributed by atoms with E-state index in [1.807, 2.05) is 36.9 Å². The second-order valence-corrected chi connectivity index (χ2v) is 6.75. The van der Waals surface area contributed by atoms with Crippen LogP contribution in [0.1, 0.15) is 32.3 Å². The van der Waals surface area contributed by atoms with E-state index >= 15 is 0 Å². The predicted molar refractivity (Wildman–Crippen MR) is 100 cm³/mol. The number of rotatable bonds is 5. The number of hydrogen-bond donors (Lipinski definition) is 2. The maximum atomic E-state index is 12.4. The number of carbonyl (C=O) groups excluding carboxylic acids is 1. The van der Waals surface area contributed by atoms with Gasteiger partial charge in [0, 0.05) is 24.5 Å². The van der Waals surface area contributed by atoms with Gasteiger partial charge in [-0.3, -0.25) is 4.79 Å². The Balaban J connectivity index is 1.76. The zero-order valence-electron chi connectivity index (χ0n) is 15.0. The third-order valence-corrected chi connectivity index (χ3v) is 4.21. The molecule has 132 valence electrons. The van der Waals surface area contributed by atoms with E-state index in [4.69, 9.17) is 0 Å². The summed E-state index contributed by atoms with van der Waals surface area (Å²) < 4.78 is 0. The molecule has 2 heterocycles. The molecule has 0 bridgehead atoms. The van der Waals surface area contributed by atoms with Crippen molar-refractivity contribution >= 4 is 23.4 Å². The molecule has 0 aliphatic carbocycles. The Morgan fingerprint density at radius 1 is 1.24 bits per heavy atom. The molecule has 1 aliphatic heterocycles. The molecule has 1 unspecified atom stereocenters. The average molecular weight is 339 g/mol. The fourth-order valence-electron chi connectivity index (χ4n) is 3.00. The van der Waals surface area contributed by atoms with Crippen molar-refractivity contribution in [1.29, 1.82) is 0 Å². The highest BCUT2D eigenvalue weighted by Gasteiger charge is 2.32. The van der Waals surface area contributed by atoms with Crippen LogP contribution in [0, 0.1) is 6.92 Å². The number of anilines is 3. The molecule has 2 aromatic rings. The van der Waals surface area contributed by atoms with Gasteiger partial charge in [-0.05, 0) is 51.8 Å². The zero-order valence-corrected chi connectivity index (χ0v) is 15.0. The third kappa shape index (κ3) is 4.26. The molecule has 6 heteroatoms. The summed E-state index contributed by atoms with van der Waals surface area (Å²) >= 11 is 0. The van der Waals surface area contributed by atoms with E-state index in [1.54, 1.807) is 6.20 Å². The topological polar surface area (TPSA) is 70.2 Å². The highest BCUT2D eigenvalue weighted by atomic mass is 16.2. The van der Waals surface area contributed by atoms with Gasteiger partial charge in [0.15, 0.2) is 0 Å². The van der Waals surface area contributed by atoms with Crippen molar-refractivity contribution in [3.05, 3.63) is 42.1 Å². The molecule has 1 aromatic heterocycles. The zero-order chi connectivity index (χ0) is 17.8. The van der Waals surface area contributed by atoms with Crippen molar-refractivity contribution in [2.75, 3.05) is 16.8 Å². The van der Waals surface area contributed by atoms with Crippen LogP contribution in [0.2, 0.25) is 0 Å². The minimum absolute atomic E-state index is 0.0491. The SMILES string of the molecule is Cc1ccc(Nc2ccnc(N3CCCC3C(=O)NC(C)C)n2)cc1. The van der Waals surface area contributed by atoms with Crippen molar-refractivity contribution in [1.82, 2.24) is 15.3 Å². The van der Waals surface area contributed by atoms with Crippen LogP contribution < -0.4 is 15.5 Å². The fraction of sp³-hybridized carbons (Fsp3) is 0.421. The molecule has 1 aliphatic rings. The minimum Gasteiger partial charge on any atom is -0.352 e. The average Bonchev–Trinajstić information content (AvgIpc) is 3.06. The maximum Gasteiger partial charge on any atom is 0.243 e. The number of nitrogens with zero attached hydrogens (tertiary/aromatic N) is 3. The predicted octanol–water partition coefficient (Wildman–Crippen LogP) is 3.02. The van der Waals surface area contributed by atoms with Gasteiger partial charge in [0.25, 0.3) is 0 Å². The van der Waals surface area contributed by atoms with Crippen molar-refractivity contribution in [3.63, 3.8) is 0 Å². The Labute approximate surface area is 148 Å². The van der Waals surface area contributed by atoms with Gasteiger partial charge in [0.2, 0.25) is 11.9 Å². The molecular formula is C19H25N5O. The Bertz CT molecular complexity index is 729. The van der Waals surface area contributed by atoms with Crippen LogP contribution in [0.25, 0.3) is 0 Å². The molecule has 6 nitrogen and oxygen atoms in total. The van der Waals surface area contributed by atoms with Crippen molar-refractivity contribution in [2.45, 2.75) is 45.7 Å². The first-order chi connectivity index (χ1) is 12.0. The van der Waals surface area contributed by atoms with Crippen LogP contribution in [0.5, 0.6) is 0 Å². The second-order valence-electron chi connectivity index (χ2n) is 6.75. The van der Waals surface area contributed by atoms with Crippen molar-refractivity contribution in [3.8, 4) is 0 Å². The van der Waals surface area contributed by atoms with Crippen LogP contribution in [0.15, 0.2) is 36.5 Å². The second kappa shape index (κ2) is 7.51. The van der Waals surface area contributed by atoms with E-state index in [2.05, 4.69) is 39.7 Å². The minimum atomic E-state index is -0.197. The first-order valence-electron chi connectivity index (χ1n) is 8.76. The first kappa shape index (κ1) is 17.2. The molecule has 0 saturated carbocycles. The molecule has 1 aromatic carbocycles. The summed E-state index contributed by atoms with van der Waals surface area (Å²) in [5.41, 5.74) is 2.19. The summed E-state index contributed by atoms with van der Waals surface area (Å²) in [5, 5.41) is 6.29. The lowest BCUT2D eigenvalue weighted by molar-refractivity contribution is -0.122. The Morgan fingerprint density at radius 3 is 2.72 bits per heavy atom. The molecule has 3 rings (SSSR count). The number of aryl methyl sites for hydroxylation is 1. The summed E-state index contributed by atoms with van der Waals surface area (Å²) in [6, 6.07) is 9.91. The summed E-state index contributed by atoms with van der Waals surface area (Å²) in [6.07, 6.45) is 3.53. The largest absolute Gasteiger partial charge is 0.352 e. The van der Waals surface area contributed by atoms with E-state index in [0.717, 1.165) is 30.9 Å². The lowest BCUT2D eigenvalue weighted by atomic mass is 10.2. The van der Waals surface area contributed by atoms with E-state index in [0.29, 0.717) is 5.95 Å². The molecule has 2 N–H and O–H groups in total. The van der Waals surface area contributed by atoms with Gasteiger partial charge >= 0.3 is 0 Å². The van der Waals surface area contributed by atoms with Gasteiger partial charge in [-0.1, -0.05) is 17.7 Å². The highest BCUT2D eigenvalue weighted by molar-refractivity contribution is 5.85. The molecule has 1 fully saturated rings. The summed E-state index contributed by atoms with van der Waals surface area (Å²) in [4.78, 5) is 23.4. The van der Waals surface area contributed by atoms with E-state index < -0.39 is 0 Å². The standard InChI is InChI=1S/C19H25N5O/c1-13(2)21-18(25)16-5-4-12-24(16)19-20-11-10-17(23-19)22-15-8-6-14(3)7-9-15/h6-11,13,16H,4-5,12H2,1-3H3,(H,21,25)(H,20,22,23). The lowest BCUT2D eigenvalue weighted by Gasteiger charge is -2.25. The molecule has 1 amide bonds. The number of nitrogens with one attached hydrogen (secondary N) is 2. The summed E-state index contributed by atoms with van der Waals surface area (Å²) in [5.74, 6) is 1.37. The summed E-state index contributed by atoms with van der Waals surface area (Å²) in [7, 11) is 0. The van der Waals surface area contributed by atoms with Gasteiger partial charge in [0.1, 0.15) is 11.9 Å². The molecular weight excluding hydrogens is 314 g/mol. The van der Waals surface area contributed by atoms with Crippen LogP contribution >= 0.6 is 0 Å². The van der Waals surface area contributed by atoms with Gasteiger partial charge in [0.05, 0.1) is 0 Å². The lowest BCUT2D eigenvalue weighted by Crippen LogP contribution is -2.46. The van der Waals surface area contributed by atoms with Crippen LogP contribution in [-0.2, 0) is 4.79 Å². The first-order valence-corrected chi connectivity index (χ1v) is 8.76. The van der Waals surface area contributed by atoms with Gasteiger partial charge in [-0.25, -0.2) is 4.98 Å². The van der Waals surface area contributed by atoms with Gasteiger partial charge in [-0.15, -0.1) is 0 Å². The molecule has 1 atom stereocenters. The van der Waals surface area contributed by atoms with Crippen LogP contribution in [0.3, 0.4) is 0 Å². The highest BCUT2D eigenvalue weighted by Crippen LogP contribution is 2.24. The molecule has 0 radical (unpaired) electrons. The monoisotopic (exact) mass is 339 g/mol. The Morgan fingerprint density at radius 2 is 2.00 bits per heavy atom. The molecule has 0 spiro atoms. The Hall–Kier alpha value is -2.63. The van der Waals surface area contributed by atoms with Gasteiger partial charge in [-0.2, -0.15) is 4.98 Å². The molecule has 1 saturated heterocycles. The maximum absolute atomic E-state index is 12.4. The van der Waals surface area contributed by atoms with E-state index in [1.165, 1.54) is 5.56 Å². The smallest absolute Gasteiger partial charge is 0.243 e. The fourth-order valence-corrected chi connectivity index (χ4v) is 3.00. The quantitative estimate of drug-likeness (QED) is 0.876. The number of benzene rings is 1. The van der Waals surface area contributed by atoms with Crippen molar-refractivity contribution < 1.29 is 4.79 Å². The van der Waals surface area contributed by atoms with Crippen LogP contribution in [0.4, 0.5) is 17.5 Å². The Kier molecular flexibility index (Phi) is 5.16. The normalized spacial score (nSPS) is 17.0.